The van der Waals surface area contributed by atoms with E-state index in [0.29, 0.717) is 12.6 Å². The van der Waals surface area contributed by atoms with Crippen molar-refractivity contribution in [2.75, 3.05) is 52.4 Å². The molecule has 0 aliphatic carbocycles. The Labute approximate surface area is 97.2 Å². The number of nitrogens with zero attached hydrogens (tertiary/aromatic N) is 2. The Hall–Kier alpha value is -0.650. The summed E-state index contributed by atoms with van der Waals surface area (Å²) in [4.78, 5) is 16.1. The van der Waals surface area contributed by atoms with Crippen molar-refractivity contribution >= 4 is 5.91 Å². The zero-order chi connectivity index (χ0) is 11.4. The molecule has 2 N–H and O–H groups in total. The fourth-order valence-corrected chi connectivity index (χ4v) is 2.42. The highest BCUT2D eigenvalue weighted by Crippen LogP contribution is 2.04. The molecule has 1 atom stereocenters. The quantitative estimate of drug-likeness (QED) is 0.629. The van der Waals surface area contributed by atoms with Gasteiger partial charge < -0.3 is 10.6 Å². The molecule has 2 heterocycles. The van der Waals surface area contributed by atoms with E-state index in [0.717, 1.165) is 45.8 Å². The van der Waals surface area contributed by atoms with Crippen molar-refractivity contribution in [3.05, 3.63) is 0 Å². The van der Waals surface area contributed by atoms with E-state index in [9.17, 15) is 4.79 Å². The Morgan fingerprint density at radius 3 is 2.69 bits per heavy atom. The molecule has 2 saturated heterocycles. The molecule has 0 bridgehead atoms. The molecule has 2 fully saturated rings. The van der Waals surface area contributed by atoms with Crippen LogP contribution in [0.5, 0.6) is 0 Å². The van der Waals surface area contributed by atoms with Crippen molar-refractivity contribution in [1.82, 2.24) is 20.4 Å². The van der Waals surface area contributed by atoms with Crippen molar-refractivity contribution < 1.29 is 4.79 Å². The molecule has 0 radical (unpaired) electrons. The molecular formula is C11H22N4O. The minimum absolute atomic E-state index is 0.165. The van der Waals surface area contributed by atoms with Gasteiger partial charge >= 0.3 is 0 Å². The summed E-state index contributed by atoms with van der Waals surface area (Å²) in [7, 11) is 0. The Morgan fingerprint density at radius 2 is 2.00 bits per heavy atom. The number of hydrogen-bond acceptors (Lipinski definition) is 4. The van der Waals surface area contributed by atoms with E-state index in [-0.39, 0.29) is 5.91 Å². The van der Waals surface area contributed by atoms with Crippen LogP contribution >= 0.6 is 0 Å². The molecule has 5 heteroatoms. The zero-order valence-electron chi connectivity index (χ0n) is 10.0. The molecule has 0 spiro atoms. The molecule has 1 unspecified atom stereocenters. The first-order valence-electron chi connectivity index (χ1n) is 6.19. The first-order chi connectivity index (χ1) is 7.75. The smallest absolute Gasteiger partial charge is 0.234 e. The molecular weight excluding hydrogens is 204 g/mol. The molecule has 0 aromatic heterocycles. The summed E-state index contributed by atoms with van der Waals surface area (Å²) in [5, 5.41) is 6.22. The Kier molecular flexibility index (Phi) is 4.15. The van der Waals surface area contributed by atoms with Gasteiger partial charge in [0.05, 0.1) is 6.54 Å². The molecule has 2 aliphatic heterocycles. The van der Waals surface area contributed by atoms with Gasteiger partial charge in [0.25, 0.3) is 0 Å². The van der Waals surface area contributed by atoms with E-state index < -0.39 is 0 Å². The highest BCUT2D eigenvalue weighted by molar-refractivity contribution is 5.78. The van der Waals surface area contributed by atoms with Crippen molar-refractivity contribution in [3.8, 4) is 0 Å². The van der Waals surface area contributed by atoms with E-state index in [1.807, 2.05) is 0 Å². The second-order valence-corrected chi connectivity index (χ2v) is 4.72. The summed E-state index contributed by atoms with van der Waals surface area (Å²) in [5.41, 5.74) is 0. The summed E-state index contributed by atoms with van der Waals surface area (Å²) in [6.07, 6.45) is 0. The van der Waals surface area contributed by atoms with Gasteiger partial charge in [0.1, 0.15) is 0 Å². The lowest BCUT2D eigenvalue weighted by atomic mass is 10.2. The van der Waals surface area contributed by atoms with E-state index >= 15 is 0 Å². The van der Waals surface area contributed by atoms with Gasteiger partial charge in [0.15, 0.2) is 0 Å². The second kappa shape index (κ2) is 5.61. The van der Waals surface area contributed by atoms with Gasteiger partial charge in [0.2, 0.25) is 5.91 Å². The van der Waals surface area contributed by atoms with Gasteiger partial charge in [-0.1, -0.05) is 0 Å². The molecule has 0 aromatic rings. The number of carbonyl (C=O) groups excluding carboxylic acids is 1. The monoisotopic (exact) mass is 226 g/mol. The molecule has 16 heavy (non-hydrogen) atoms. The summed E-state index contributed by atoms with van der Waals surface area (Å²) in [6, 6.07) is 0.476. The van der Waals surface area contributed by atoms with Crippen LogP contribution in [0, 0.1) is 0 Å². The third-order valence-electron chi connectivity index (χ3n) is 3.42. The predicted octanol–water partition coefficient (Wildman–Crippen LogP) is -1.29. The van der Waals surface area contributed by atoms with E-state index in [1.165, 1.54) is 0 Å². The Balaban J connectivity index is 1.77. The number of nitrogens with one attached hydrogen (secondary N) is 2. The molecule has 0 saturated carbocycles. The third-order valence-corrected chi connectivity index (χ3v) is 3.42. The van der Waals surface area contributed by atoms with Crippen LogP contribution in [0.4, 0.5) is 0 Å². The van der Waals surface area contributed by atoms with Crippen LogP contribution in [-0.2, 0) is 4.79 Å². The highest BCUT2D eigenvalue weighted by Gasteiger charge is 2.23. The molecule has 92 valence electrons. The first kappa shape index (κ1) is 11.8. The normalized spacial score (nSPS) is 26.4. The van der Waals surface area contributed by atoms with Crippen LogP contribution < -0.4 is 10.6 Å². The highest BCUT2D eigenvalue weighted by atomic mass is 16.2. The number of hydrogen-bond donors (Lipinski definition) is 2. The fourth-order valence-electron chi connectivity index (χ4n) is 2.42. The second-order valence-electron chi connectivity index (χ2n) is 4.72. The van der Waals surface area contributed by atoms with Crippen LogP contribution in [0.3, 0.4) is 0 Å². The lowest BCUT2D eigenvalue weighted by molar-refractivity contribution is -0.124. The zero-order valence-corrected chi connectivity index (χ0v) is 10.0. The number of rotatable bonds is 3. The Morgan fingerprint density at radius 1 is 1.25 bits per heavy atom. The van der Waals surface area contributed by atoms with Crippen LogP contribution in [0.1, 0.15) is 6.92 Å². The maximum Gasteiger partial charge on any atom is 0.234 e. The van der Waals surface area contributed by atoms with Gasteiger partial charge in [-0.25, -0.2) is 0 Å². The van der Waals surface area contributed by atoms with Gasteiger partial charge in [0, 0.05) is 51.9 Å². The van der Waals surface area contributed by atoms with Gasteiger partial charge in [-0.05, 0) is 6.92 Å². The van der Waals surface area contributed by atoms with Crippen LogP contribution in [0.2, 0.25) is 0 Å². The van der Waals surface area contributed by atoms with Gasteiger partial charge in [-0.15, -0.1) is 0 Å². The van der Waals surface area contributed by atoms with Crippen molar-refractivity contribution in [3.63, 3.8) is 0 Å². The average molecular weight is 226 g/mol. The van der Waals surface area contributed by atoms with Crippen molar-refractivity contribution in [2.24, 2.45) is 0 Å². The van der Waals surface area contributed by atoms with Gasteiger partial charge in [-0.2, -0.15) is 0 Å². The summed E-state index contributed by atoms with van der Waals surface area (Å²) < 4.78 is 0. The van der Waals surface area contributed by atoms with Crippen LogP contribution in [0.25, 0.3) is 0 Å². The lowest BCUT2D eigenvalue weighted by Crippen LogP contribution is -2.55. The lowest BCUT2D eigenvalue weighted by Gasteiger charge is -2.36. The number of amides is 1. The predicted molar refractivity (Wildman–Crippen MR) is 63.4 cm³/mol. The van der Waals surface area contributed by atoms with Crippen LogP contribution in [0.15, 0.2) is 0 Å². The SMILES string of the molecule is CC(CN1CCNCC1)N1CCNC(=O)C1. The molecule has 0 aromatic carbocycles. The molecule has 2 aliphatic rings. The average Bonchev–Trinajstić information content (AvgIpc) is 2.30. The standard InChI is InChI=1S/C11H22N4O/c1-10(8-14-5-2-12-3-6-14)15-7-4-13-11(16)9-15/h10,12H,2-9H2,1H3,(H,13,16). The Bertz CT molecular complexity index is 240. The maximum atomic E-state index is 11.3. The molecule has 5 nitrogen and oxygen atoms in total. The van der Waals surface area contributed by atoms with E-state index in [4.69, 9.17) is 0 Å². The maximum absolute atomic E-state index is 11.3. The minimum atomic E-state index is 0.165. The number of carbonyl (C=O) groups is 1. The van der Waals surface area contributed by atoms with Crippen molar-refractivity contribution in [1.29, 1.82) is 0 Å². The summed E-state index contributed by atoms with van der Waals surface area (Å²) in [5.74, 6) is 0.165. The van der Waals surface area contributed by atoms with Gasteiger partial charge in [-0.3, -0.25) is 14.6 Å². The summed E-state index contributed by atoms with van der Waals surface area (Å²) >= 11 is 0. The minimum Gasteiger partial charge on any atom is -0.354 e. The topological polar surface area (TPSA) is 47.6 Å². The largest absolute Gasteiger partial charge is 0.354 e. The van der Waals surface area contributed by atoms with Crippen molar-refractivity contribution in [2.45, 2.75) is 13.0 Å². The van der Waals surface area contributed by atoms with Crippen LogP contribution in [-0.4, -0.2) is 74.1 Å². The first-order valence-corrected chi connectivity index (χ1v) is 6.19. The van der Waals surface area contributed by atoms with E-state index in [1.54, 1.807) is 0 Å². The van der Waals surface area contributed by atoms with E-state index in [2.05, 4.69) is 27.4 Å². The fraction of sp³-hybridized carbons (Fsp3) is 0.909. The molecule has 2 rings (SSSR count). The number of piperazine rings is 2. The third kappa shape index (κ3) is 3.17. The molecule has 1 amide bonds. The summed E-state index contributed by atoms with van der Waals surface area (Å²) in [6.45, 7) is 10.1.